The number of allylic oxidation sites excluding steroid dienone is 20. The highest BCUT2D eigenvalue weighted by Crippen LogP contribution is 2.43. The van der Waals surface area contributed by atoms with Crippen LogP contribution >= 0.6 is 7.82 Å². The number of unbranched alkanes of at least 4 members (excludes halogenated alkanes) is 9. The molecule has 9 nitrogen and oxygen atoms in total. The predicted octanol–water partition coefficient (Wildman–Crippen LogP) is 13.6. The topological polar surface area (TPSA) is 132 Å². The number of esters is 1. The smallest absolute Gasteiger partial charge is 0.457 e. The summed E-state index contributed by atoms with van der Waals surface area (Å²) in [4.78, 5) is 22.6. The number of rotatable bonds is 43. The van der Waals surface area contributed by atoms with E-state index >= 15 is 0 Å². The molecule has 3 N–H and O–H groups in total. The molecular weight excluding hydrogens is 800 g/mol. The second-order valence-corrected chi connectivity index (χ2v) is 16.5. The number of aliphatic hydroxyl groups is 2. The summed E-state index contributed by atoms with van der Waals surface area (Å²) in [5.74, 6) is -0.414. The Kier molecular flexibility index (Phi) is 44.9. The van der Waals surface area contributed by atoms with Gasteiger partial charge in [0.15, 0.2) is 0 Å². The Morgan fingerprint density at radius 1 is 0.500 bits per heavy atom. The molecule has 0 bridgehead atoms. The molecule has 0 spiro atoms. The highest BCUT2D eigenvalue weighted by atomic mass is 31.2. The van der Waals surface area contributed by atoms with Gasteiger partial charge in [-0.3, -0.25) is 13.8 Å². The zero-order valence-electron chi connectivity index (χ0n) is 38.5. The lowest BCUT2D eigenvalue weighted by Gasteiger charge is -2.20. The Morgan fingerprint density at radius 2 is 0.871 bits per heavy atom. The molecule has 0 amide bonds. The molecule has 0 saturated heterocycles. The Bertz CT molecular complexity index is 1370. The summed E-state index contributed by atoms with van der Waals surface area (Å²) < 4.78 is 33.4. The molecule has 10 heteroatoms. The zero-order valence-corrected chi connectivity index (χ0v) is 39.4. The summed E-state index contributed by atoms with van der Waals surface area (Å²) in [5.41, 5.74) is 0. The predicted molar refractivity (Wildman–Crippen MR) is 260 cm³/mol. The van der Waals surface area contributed by atoms with Crippen LogP contribution in [-0.2, 0) is 27.9 Å². The van der Waals surface area contributed by atoms with Crippen LogP contribution in [-0.4, -0.2) is 66.3 Å². The lowest BCUT2D eigenvalue weighted by molar-refractivity contribution is -0.154. The van der Waals surface area contributed by atoms with Gasteiger partial charge in [0.1, 0.15) is 12.2 Å². The third-order valence-corrected chi connectivity index (χ3v) is 10.1. The summed E-state index contributed by atoms with van der Waals surface area (Å²) in [5, 5.41) is 18.4. The van der Waals surface area contributed by atoms with Crippen LogP contribution in [0, 0.1) is 0 Å². The number of phosphoric ester groups is 1. The number of hydrogen-bond donors (Lipinski definition) is 3. The van der Waals surface area contributed by atoms with Crippen molar-refractivity contribution in [2.75, 3.05) is 33.0 Å². The minimum atomic E-state index is -4.55. The normalized spacial score (nSPS) is 15.0. The Morgan fingerprint density at radius 3 is 1.31 bits per heavy atom. The Hall–Kier alpha value is -3.14. The van der Waals surface area contributed by atoms with E-state index in [0.717, 1.165) is 109 Å². The molecule has 0 heterocycles. The summed E-state index contributed by atoms with van der Waals surface area (Å²) >= 11 is 0. The second kappa shape index (κ2) is 47.3. The minimum absolute atomic E-state index is 0.00601. The SMILES string of the molecule is CC/C=C\C/C=C\C/C=C\C/C=C\C/C=C\C/C=C\C/C=C\CCCCOCC(COP(=O)(O)OCC(O)CO)OC(=O)CCCCCCCCC/C=C\C/C=C\C/C=C\CC. The minimum Gasteiger partial charge on any atom is -0.457 e. The summed E-state index contributed by atoms with van der Waals surface area (Å²) in [6.45, 7) is 3.13. The highest BCUT2D eigenvalue weighted by molar-refractivity contribution is 7.47. The molecule has 0 aliphatic carbocycles. The van der Waals surface area contributed by atoms with E-state index in [2.05, 4.69) is 135 Å². The van der Waals surface area contributed by atoms with Gasteiger partial charge in [0.2, 0.25) is 0 Å². The van der Waals surface area contributed by atoms with Crippen LogP contribution in [0.1, 0.15) is 155 Å². The van der Waals surface area contributed by atoms with E-state index in [1.54, 1.807) is 0 Å². The molecule has 62 heavy (non-hydrogen) atoms. The van der Waals surface area contributed by atoms with Crippen LogP contribution in [0.15, 0.2) is 122 Å². The van der Waals surface area contributed by atoms with Gasteiger partial charge in [-0.1, -0.05) is 167 Å². The molecule has 352 valence electrons. The Balaban J connectivity index is 4.27. The second-order valence-electron chi connectivity index (χ2n) is 15.0. The average Bonchev–Trinajstić information content (AvgIpc) is 3.26. The van der Waals surface area contributed by atoms with E-state index in [0.29, 0.717) is 13.0 Å². The van der Waals surface area contributed by atoms with E-state index in [-0.39, 0.29) is 13.0 Å². The standard InChI is InChI=1S/C52H85O9P/c1-3-5-7-9-11-13-15-17-19-21-22-23-24-25-26-27-29-31-33-35-37-39-41-43-45-58-48-51(49-60-62(56,57)59-47-50(54)46-53)61-52(55)44-42-40-38-36-34-32-30-28-20-18-16-14-12-10-8-6-4-2/h5-8,11-14,17-20,22-23,25-26,29,31,35,37,50-51,53-54H,3-4,9-10,15-16,21,24,27-28,30,32-34,36,38-49H2,1-2H3,(H,56,57)/b7-5-,8-6-,13-11-,14-12-,19-17-,20-18-,23-22-,26-25-,31-29-,37-35-. The maximum absolute atomic E-state index is 12.6. The first kappa shape index (κ1) is 58.9. The fourth-order valence-electron chi connectivity index (χ4n) is 5.64. The first-order valence-electron chi connectivity index (χ1n) is 23.5. The fourth-order valence-corrected chi connectivity index (χ4v) is 6.43. The molecule has 0 aromatic rings. The van der Waals surface area contributed by atoms with Crippen LogP contribution in [0.5, 0.6) is 0 Å². The molecule has 0 aliphatic heterocycles. The van der Waals surface area contributed by atoms with Crippen molar-refractivity contribution in [2.24, 2.45) is 0 Å². The lowest BCUT2D eigenvalue weighted by Crippen LogP contribution is -2.29. The van der Waals surface area contributed by atoms with Crippen LogP contribution in [0.25, 0.3) is 0 Å². The van der Waals surface area contributed by atoms with E-state index in [9.17, 15) is 19.4 Å². The third kappa shape index (κ3) is 46.4. The van der Waals surface area contributed by atoms with Crippen LogP contribution in [0.3, 0.4) is 0 Å². The van der Waals surface area contributed by atoms with Gasteiger partial charge < -0.3 is 24.6 Å². The van der Waals surface area contributed by atoms with Crippen LogP contribution in [0.4, 0.5) is 0 Å². The number of phosphoric acid groups is 1. The maximum Gasteiger partial charge on any atom is 0.472 e. The first-order valence-corrected chi connectivity index (χ1v) is 25.0. The quantitative estimate of drug-likeness (QED) is 0.0237. The molecule has 0 fully saturated rings. The number of aliphatic hydroxyl groups excluding tert-OH is 2. The van der Waals surface area contributed by atoms with Gasteiger partial charge in [0.25, 0.3) is 0 Å². The number of carbonyl (C=O) groups is 1. The van der Waals surface area contributed by atoms with Gasteiger partial charge in [-0.2, -0.15) is 0 Å². The van der Waals surface area contributed by atoms with Crippen molar-refractivity contribution in [3.05, 3.63) is 122 Å². The van der Waals surface area contributed by atoms with Gasteiger partial charge in [0, 0.05) is 13.0 Å². The Labute approximate surface area is 377 Å². The molecule has 3 atom stereocenters. The molecular formula is C52H85O9P. The van der Waals surface area contributed by atoms with E-state index in [4.69, 9.17) is 23.6 Å². The van der Waals surface area contributed by atoms with Crippen molar-refractivity contribution < 1.29 is 43.0 Å². The molecule has 0 saturated carbocycles. The zero-order chi connectivity index (χ0) is 45.3. The molecule has 0 aromatic carbocycles. The largest absolute Gasteiger partial charge is 0.472 e. The molecule has 0 aromatic heterocycles. The first-order chi connectivity index (χ1) is 30.3. The van der Waals surface area contributed by atoms with Gasteiger partial charge in [-0.25, -0.2) is 4.57 Å². The third-order valence-electron chi connectivity index (χ3n) is 9.14. The summed E-state index contributed by atoms with van der Waals surface area (Å²) in [6, 6.07) is 0. The van der Waals surface area contributed by atoms with Gasteiger partial charge in [-0.05, 0) is 103 Å². The van der Waals surface area contributed by atoms with E-state index in [1.807, 2.05) is 0 Å². The van der Waals surface area contributed by atoms with Crippen LogP contribution in [0.2, 0.25) is 0 Å². The fraction of sp³-hybridized carbons (Fsp3) is 0.596. The van der Waals surface area contributed by atoms with Crippen molar-refractivity contribution in [1.29, 1.82) is 0 Å². The van der Waals surface area contributed by atoms with E-state index < -0.39 is 45.8 Å². The van der Waals surface area contributed by atoms with Crippen molar-refractivity contribution in [3.8, 4) is 0 Å². The average molecular weight is 885 g/mol. The van der Waals surface area contributed by atoms with Crippen molar-refractivity contribution in [1.82, 2.24) is 0 Å². The maximum atomic E-state index is 12.6. The monoisotopic (exact) mass is 885 g/mol. The summed E-state index contributed by atoms with van der Waals surface area (Å²) in [6.07, 6.45) is 63.1. The number of carbonyl (C=O) groups excluding carboxylic acids is 1. The van der Waals surface area contributed by atoms with Gasteiger partial charge >= 0.3 is 13.8 Å². The van der Waals surface area contributed by atoms with Crippen molar-refractivity contribution in [2.45, 2.75) is 167 Å². The van der Waals surface area contributed by atoms with Crippen molar-refractivity contribution in [3.63, 3.8) is 0 Å². The molecule has 0 radical (unpaired) electrons. The van der Waals surface area contributed by atoms with Gasteiger partial charge in [0.05, 0.1) is 26.4 Å². The highest BCUT2D eigenvalue weighted by Gasteiger charge is 2.26. The van der Waals surface area contributed by atoms with Gasteiger partial charge in [-0.15, -0.1) is 0 Å². The van der Waals surface area contributed by atoms with Crippen molar-refractivity contribution >= 4 is 13.8 Å². The summed E-state index contributed by atoms with van der Waals surface area (Å²) in [7, 11) is -4.55. The molecule has 0 aliphatic rings. The molecule has 3 unspecified atom stereocenters. The number of ether oxygens (including phenoxy) is 2. The van der Waals surface area contributed by atoms with E-state index in [1.165, 1.54) is 19.3 Å². The molecule has 0 rings (SSSR count). The van der Waals surface area contributed by atoms with Crippen LogP contribution < -0.4 is 0 Å². The lowest BCUT2D eigenvalue weighted by atomic mass is 10.1. The number of hydrogen-bond acceptors (Lipinski definition) is 8.